The molecule has 40 heavy (non-hydrogen) atoms. The van der Waals surface area contributed by atoms with E-state index in [1.54, 1.807) is 6.08 Å². The Morgan fingerprint density at radius 1 is 0.875 bits per heavy atom. The molecule has 196 valence electrons. The van der Waals surface area contributed by atoms with E-state index >= 15 is 0 Å². The van der Waals surface area contributed by atoms with Crippen LogP contribution in [0, 0.1) is 32.1 Å². The zero-order valence-electron chi connectivity index (χ0n) is 23.4. The average molecular weight is 523 g/mol. The van der Waals surface area contributed by atoms with Crippen LogP contribution < -0.4 is 9.91 Å². The molecule has 0 aliphatic carbocycles. The van der Waals surface area contributed by atoms with E-state index in [9.17, 15) is 10.1 Å². The molecule has 0 saturated heterocycles. The maximum atomic E-state index is 13.5. The van der Waals surface area contributed by atoms with Gasteiger partial charge in [-0.1, -0.05) is 80.1 Å². The van der Waals surface area contributed by atoms with Crippen LogP contribution in [-0.2, 0) is 10.2 Å². The van der Waals surface area contributed by atoms with E-state index in [1.165, 1.54) is 38.0 Å². The van der Waals surface area contributed by atoms with Crippen molar-refractivity contribution in [3.05, 3.63) is 125 Å². The highest BCUT2D eigenvalue weighted by Gasteiger charge is 2.43. The quantitative estimate of drug-likeness (QED) is 0.257. The molecule has 2 aliphatic rings. The standard InChI is InChI=1S/C35H30N4O/c1-22-19-23(2)33(24(3)20-22)38-30-17-15-25-11-9-10-14-27(25)32(30)35(4,5)31(38)18-16-28-29(21-36)37-39(34(28)40)26-12-7-6-8-13-26/h6-20H,1-5H3/b28-16+,31-18+. The van der Waals surface area contributed by atoms with Gasteiger partial charge in [0.2, 0.25) is 0 Å². The van der Waals surface area contributed by atoms with Gasteiger partial charge in [-0.05, 0) is 78.6 Å². The zero-order valence-corrected chi connectivity index (χ0v) is 23.4. The number of amides is 1. The first-order valence-electron chi connectivity index (χ1n) is 13.4. The zero-order chi connectivity index (χ0) is 28.2. The number of hydrogen-bond donors (Lipinski definition) is 0. The molecule has 0 radical (unpaired) electrons. The molecule has 0 N–H and O–H groups in total. The van der Waals surface area contributed by atoms with E-state index in [0.29, 0.717) is 5.69 Å². The first kappa shape index (κ1) is 25.3. The van der Waals surface area contributed by atoms with Crippen molar-refractivity contribution < 1.29 is 4.79 Å². The molecule has 0 atom stereocenters. The SMILES string of the molecule is Cc1cc(C)c(N2/C(=C/C=C3/C(=O)N(c4ccccc4)N=C3C#N)C(C)(C)c3c2ccc2ccccc32)c(C)c1. The molecule has 1 amide bonds. The summed E-state index contributed by atoms with van der Waals surface area (Å²) in [5.74, 6) is -0.312. The van der Waals surface area contributed by atoms with Gasteiger partial charge < -0.3 is 4.90 Å². The van der Waals surface area contributed by atoms with Crippen LogP contribution >= 0.6 is 0 Å². The number of hydrazone groups is 1. The number of fused-ring (bicyclic) bond motifs is 3. The first-order chi connectivity index (χ1) is 19.2. The van der Waals surface area contributed by atoms with Crippen molar-refractivity contribution in [1.29, 1.82) is 5.26 Å². The second-order valence-electron chi connectivity index (χ2n) is 11.0. The van der Waals surface area contributed by atoms with E-state index in [0.717, 1.165) is 17.1 Å². The predicted molar refractivity (Wildman–Crippen MR) is 163 cm³/mol. The average Bonchev–Trinajstić information content (AvgIpc) is 3.37. The Morgan fingerprint density at radius 3 is 2.25 bits per heavy atom. The topological polar surface area (TPSA) is 59.7 Å². The number of nitriles is 1. The smallest absolute Gasteiger partial charge is 0.281 e. The molecule has 4 aromatic rings. The van der Waals surface area contributed by atoms with Gasteiger partial charge in [0.15, 0.2) is 5.71 Å². The number of carbonyl (C=O) groups is 1. The van der Waals surface area contributed by atoms with Gasteiger partial charge in [0.05, 0.1) is 22.6 Å². The lowest BCUT2D eigenvalue weighted by Crippen LogP contribution is -2.24. The van der Waals surface area contributed by atoms with Crippen molar-refractivity contribution in [3.63, 3.8) is 0 Å². The van der Waals surface area contributed by atoms with Crippen LogP contribution in [0.25, 0.3) is 10.8 Å². The van der Waals surface area contributed by atoms with Crippen LogP contribution in [-0.4, -0.2) is 11.6 Å². The lowest BCUT2D eigenvalue weighted by Gasteiger charge is -2.30. The molecule has 0 aromatic heterocycles. The fourth-order valence-electron chi connectivity index (χ4n) is 6.24. The van der Waals surface area contributed by atoms with E-state index in [4.69, 9.17) is 0 Å². The minimum atomic E-state index is -0.387. The molecule has 2 aliphatic heterocycles. The largest absolute Gasteiger partial charge is 0.312 e. The summed E-state index contributed by atoms with van der Waals surface area (Å²) in [7, 11) is 0. The summed E-state index contributed by atoms with van der Waals surface area (Å²) in [5, 5.41) is 17.9. The van der Waals surface area contributed by atoms with Crippen LogP contribution in [0.1, 0.15) is 36.1 Å². The Balaban J connectivity index is 1.57. The van der Waals surface area contributed by atoms with Gasteiger partial charge in [0, 0.05) is 11.1 Å². The summed E-state index contributed by atoms with van der Waals surface area (Å²) in [4.78, 5) is 15.8. The number of carbonyl (C=O) groups excluding carboxylic acids is 1. The van der Waals surface area contributed by atoms with E-state index < -0.39 is 0 Å². The van der Waals surface area contributed by atoms with Gasteiger partial charge >= 0.3 is 0 Å². The third-order valence-electron chi connectivity index (χ3n) is 7.91. The molecule has 6 rings (SSSR count). The molecule has 0 saturated carbocycles. The van der Waals surface area contributed by atoms with Crippen molar-refractivity contribution >= 4 is 39.5 Å². The molecule has 5 heteroatoms. The van der Waals surface area contributed by atoms with Crippen molar-refractivity contribution in [2.24, 2.45) is 5.10 Å². The summed E-state index contributed by atoms with van der Waals surface area (Å²) in [6.07, 6.45) is 3.77. The van der Waals surface area contributed by atoms with E-state index in [-0.39, 0.29) is 22.6 Å². The van der Waals surface area contributed by atoms with Crippen molar-refractivity contribution in [1.82, 2.24) is 0 Å². The number of benzene rings is 4. The van der Waals surface area contributed by atoms with E-state index in [2.05, 4.69) is 99.2 Å². The minimum Gasteiger partial charge on any atom is -0.312 e. The van der Waals surface area contributed by atoms with Gasteiger partial charge in [0.25, 0.3) is 5.91 Å². The Hall–Kier alpha value is -4.95. The molecular formula is C35H30N4O. The normalized spacial score (nSPS) is 18.0. The number of para-hydroxylation sites is 1. The summed E-state index contributed by atoms with van der Waals surface area (Å²) in [5.41, 5.74) is 8.75. The second-order valence-corrected chi connectivity index (χ2v) is 11.0. The number of anilines is 3. The maximum absolute atomic E-state index is 13.5. The van der Waals surface area contributed by atoms with Gasteiger partial charge in [-0.2, -0.15) is 15.4 Å². The number of rotatable bonds is 3. The van der Waals surface area contributed by atoms with Crippen LogP contribution in [0.4, 0.5) is 17.1 Å². The highest BCUT2D eigenvalue weighted by Crippen LogP contribution is 2.54. The number of nitrogens with zero attached hydrogens (tertiary/aromatic N) is 4. The van der Waals surface area contributed by atoms with Crippen LogP contribution in [0.5, 0.6) is 0 Å². The molecule has 2 heterocycles. The van der Waals surface area contributed by atoms with Gasteiger partial charge in [-0.3, -0.25) is 4.79 Å². The Kier molecular flexibility index (Phi) is 5.93. The van der Waals surface area contributed by atoms with Gasteiger partial charge in [0.1, 0.15) is 6.07 Å². The minimum absolute atomic E-state index is 0.110. The Morgan fingerprint density at radius 2 is 1.55 bits per heavy atom. The molecule has 0 unspecified atom stereocenters. The molecule has 0 fully saturated rings. The molecule has 0 bridgehead atoms. The van der Waals surface area contributed by atoms with Crippen molar-refractivity contribution in [3.8, 4) is 6.07 Å². The summed E-state index contributed by atoms with van der Waals surface area (Å²) < 4.78 is 0. The number of aryl methyl sites for hydroxylation is 3. The van der Waals surface area contributed by atoms with E-state index in [1.807, 2.05) is 36.4 Å². The lowest BCUT2D eigenvalue weighted by molar-refractivity contribution is -0.114. The second kappa shape index (κ2) is 9.36. The molecular weight excluding hydrogens is 492 g/mol. The maximum Gasteiger partial charge on any atom is 0.281 e. The third-order valence-corrected chi connectivity index (χ3v) is 7.91. The first-order valence-corrected chi connectivity index (χ1v) is 13.4. The summed E-state index contributed by atoms with van der Waals surface area (Å²) >= 11 is 0. The van der Waals surface area contributed by atoms with Crippen molar-refractivity contribution in [2.45, 2.75) is 40.0 Å². The van der Waals surface area contributed by atoms with Crippen LogP contribution in [0.3, 0.4) is 0 Å². The third kappa shape index (κ3) is 3.84. The van der Waals surface area contributed by atoms with Crippen LogP contribution in [0.2, 0.25) is 0 Å². The Labute approximate surface area is 235 Å². The van der Waals surface area contributed by atoms with Gasteiger partial charge in [-0.25, -0.2) is 0 Å². The molecule has 0 spiro atoms. The highest BCUT2D eigenvalue weighted by atomic mass is 16.2. The fraction of sp³-hybridized carbons (Fsp3) is 0.171. The predicted octanol–water partition coefficient (Wildman–Crippen LogP) is 7.93. The molecule has 4 aromatic carbocycles. The van der Waals surface area contributed by atoms with Gasteiger partial charge in [-0.15, -0.1) is 0 Å². The summed E-state index contributed by atoms with van der Waals surface area (Å²) in [6, 6.07) is 28.6. The van der Waals surface area contributed by atoms with Crippen LogP contribution in [0.15, 0.2) is 107 Å². The Bertz CT molecular complexity index is 1810. The fourth-order valence-corrected chi connectivity index (χ4v) is 6.24. The van der Waals surface area contributed by atoms with Crippen molar-refractivity contribution in [2.75, 3.05) is 9.91 Å². The monoisotopic (exact) mass is 522 g/mol. The highest BCUT2D eigenvalue weighted by molar-refractivity contribution is 6.35. The number of allylic oxidation sites excluding steroid dienone is 3. The molecule has 5 nitrogen and oxygen atoms in total. The number of hydrogen-bond acceptors (Lipinski definition) is 4. The lowest BCUT2D eigenvalue weighted by atomic mass is 9.81. The summed E-state index contributed by atoms with van der Waals surface area (Å²) in [6.45, 7) is 10.9.